The van der Waals surface area contributed by atoms with Gasteiger partial charge in [0.2, 0.25) is 5.91 Å². The van der Waals surface area contributed by atoms with Gasteiger partial charge in [0.1, 0.15) is 12.4 Å². The number of anilines is 1. The SMILES string of the molecule is CC(C)(C)c1ccc(=O)n(CC(=O)Nc2cccc(F)c2)n1. The number of carbonyl (C=O) groups excluding carboxylic acids is 1. The number of carbonyl (C=O) groups is 1. The first kappa shape index (κ1) is 15.9. The first-order valence-electron chi connectivity index (χ1n) is 6.90. The highest BCUT2D eigenvalue weighted by molar-refractivity contribution is 5.90. The molecule has 2 aromatic rings. The van der Waals surface area contributed by atoms with Crippen LogP contribution in [-0.2, 0) is 16.8 Å². The van der Waals surface area contributed by atoms with Crippen LogP contribution in [0.3, 0.4) is 0 Å². The van der Waals surface area contributed by atoms with Crippen molar-refractivity contribution in [3.63, 3.8) is 0 Å². The van der Waals surface area contributed by atoms with Gasteiger partial charge < -0.3 is 5.32 Å². The van der Waals surface area contributed by atoms with E-state index in [2.05, 4.69) is 10.4 Å². The molecule has 0 radical (unpaired) electrons. The van der Waals surface area contributed by atoms with Crippen molar-refractivity contribution < 1.29 is 9.18 Å². The van der Waals surface area contributed by atoms with Crippen molar-refractivity contribution >= 4 is 11.6 Å². The predicted molar refractivity (Wildman–Crippen MR) is 82.2 cm³/mol. The fraction of sp³-hybridized carbons (Fsp3) is 0.312. The third-order valence-corrected chi connectivity index (χ3v) is 3.04. The second-order valence-electron chi connectivity index (χ2n) is 6.02. The van der Waals surface area contributed by atoms with Gasteiger partial charge in [-0.3, -0.25) is 9.59 Å². The van der Waals surface area contributed by atoms with Crippen molar-refractivity contribution in [2.24, 2.45) is 0 Å². The lowest BCUT2D eigenvalue weighted by molar-refractivity contribution is -0.117. The molecule has 0 aliphatic heterocycles. The molecule has 0 atom stereocenters. The summed E-state index contributed by atoms with van der Waals surface area (Å²) in [5, 5.41) is 6.75. The van der Waals surface area contributed by atoms with Gasteiger partial charge in [0.25, 0.3) is 5.56 Å². The molecule has 22 heavy (non-hydrogen) atoms. The second kappa shape index (κ2) is 6.09. The molecule has 0 aliphatic carbocycles. The number of benzene rings is 1. The first-order chi connectivity index (χ1) is 10.3. The Kier molecular flexibility index (Phi) is 4.40. The minimum absolute atomic E-state index is 0.223. The van der Waals surface area contributed by atoms with Crippen molar-refractivity contribution in [2.45, 2.75) is 32.7 Å². The topological polar surface area (TPSA) is 64.0 Å². The summed E-state index contributed by atoms with van der Waals surface area (Å²) in [4.78, 5) is 23.8. The Bertz CT molecular complexity index is 748. The molecular formula is C16H18FN3O2. The Morgan fingerprint density at radius 3 is 2.64 bits per heavy atom. The van der Waals surface area contributed by atoms with Gasteiger partial charge in [-0.25, -0.2) is 9.07 Å². The minimum atomic E-state index is -0.442. The molecule has 1 heterocycles. The Hall–Kier alpha value is -2.50. The third-order valence-electron chi connectivity index (χ3n) is 3.04. The summed E-state index contributed by atoms with van der Waals surface area (Å²) in [6, 6.07) is 8.61. The molecule has 0 spiro atoms. The number of amides is 1. The zero-order chi connectivity index (χ0) is 16.3. The molecule has 2 rings (SSSR count). The van der Waals surface area contributed by atoms with Gasteiger partial charge in [-0.2, -0.15) is 5.10 Å². The second-order valence-corrected chi connectivity index (χ2v) is 6.02. The van der Waals surface area contributed by atoms with Gasteiger partial charge in [0, 0.05) is 17.2 Å². The summed E-state index contributed by atoms with van der Waals surface area (Å²) >= 11 is 0. The minimum Gasteiger partial charge on any atom is -0.324 e. The van der Waals surface area contributed by atoms with Gasteiger partial charge in [0.15, 0.2) is 0 Å². The van der Waals surface area contributed by atoms with E-state index in [1.807, 2.05) is 20.8 Å². The first-order valence-corrected chi connectivity index (χ1v) is 6.90. The quantitative estimate of drug-likeness (QED) is 0.946. The van der Waals surface area contributed by atoms with E-state index in [1.165, 1.54) is 24.3 Å². The van der Waals surface area contributed by atoms with E-state index in [1.54, 1.807) is 12.1 Å². The molecule has 0 unspecified atom stereocenters. The van der Waals surface area contributed by atoms with E-state index in [0.717, 1.165) is 4.68 Å². The number of rotatable bonds is 3. The largest absolute Gasteiger partial charge is 0.324 e. The Labute approximate surface area is 127 Å². The third kappa shape index (κ3) is 4.00. The monoisotopic (exact) mass is 303 g/mol. The van der Waals surface area contributed by atoms with Crippen LogP contribution < -0.4 is 10.9 Å². The molecule has 6 heteroatoms. The van der Waals surface area contributed by atoms with Crippen molar-refractivity contribution in [3.8, 4) is 0 Å². The number of nitrogens with zero attached hydrogens (tertiary/aromatic N) is 2. The fourth-order valence-corrected chi connectivity index (χ4v) is 1.86. The van der Waals surface area contributed by atoms with Crippen LogP contribution in [0.4, 0.5) is 10.1 Å². The maximum Gasteiger partial charge on any atom is 0.267 e. The lowest BCUT2D eigenvalue weighted by Crippen LogP contribution is -2.31. The lowest BCUT2D eigenvalue weighted by atomic mass is 9.92. The zero-order valence-corrected chi connectivity index (χ0v) is 12.8. The standard InChI is InChI=1S/C16H18FN3O2/c1-16(2,3)13-7-8-15(22)20(19-13)10-14(21)18-12-6-4-5-11(17)9-12/h4-9H,10H2,1-3H3,(H,18,21). The Morgan fingerprint density at radius 2 is 2.00 bits per heavy atom. The number of halogens is 1. The maximum atomic E-state index is 13.1. The molecule has 0 saturated heterocycles. The van der Waals surface area contributed by atoms with E-state index in [9.17, 15) is 14.0 Å². The summed E-state index contributed by atoms with van der Waals surface area (Å²) in [5.41, 5.74) is 0.465. The molecule has 0 aliphatic rings. The molecule has 1 aromatic heterocycles. The molecule has 116 valence electrons. The molecular weight excluding hydrogens is 285 g/mol. The highest BCUT2D eigenvalue weighted by atomic mass is 19.1. The van der Waals surface area contributed by atoms with E-state index in [4.69, 9.17) is 0 Å². The van der Waals surface area contributed by atoms with Crippen LogP contribution in [0.5, 0.6) is 0 Å². The fourth-order valence-electron chi connectivity index (χ4n) is 1.86. The van der Waals surface area contributed by atoms with Crippen molar-refractivity contribution in [1.82, 2.24) is 9.78 Å². The summed E-state index contributed by atoms with van der Waals surface area (Å²) in [5.74, 6) is -0.880. The van der Waals surface area contributed by atoms with Crippen molar-refractivity contribution in [2.75, 3.05) is 5.32 Å². The maximum absolute atomic E-state index is 13.1. The molecule has 0 fully saturated rings. The molecule has 1 amide bonds. The van der Waals surface area contributed by atoms with Crippen LogP contribution >= 0.6 is 0 Å². The normalized spacial score (nSPS) is 11.3. The molecule has 5 nitrogen and oxygen atoms in total. The van der Waals surface area contributed by atoms with E-state index < -0.39 is 11.7 Å². The summed E-state index contributed by atoms with van der Waals surface area (Å²) < 4.78 is 14.2. The molecule has 1 aromatic carbocycles. The van der Waals surface area contributed by atoms with E-state index >= 15 is 0 Å². The highest BCUT2D eigenvalue weighted by Gasteiger charge is 2.17. The van der Waals surface area contributed by atoms with E-state index in [0.29, 0.717) is 11.4 Å². The van der Waals surface area contributed by atoms with Crippen LogP contribution in [0.1, 0.15) is 26.5 Å². The summed E-state index contributed by atoms with van der Waals surface area (Å²) in [7, 11) is 0. The number of nitrogens with one attached hydrogen (secondary N) is 1. The number of hydrogen-bond donors (Lipinski definition) is 1. The smallest absolute Gasteiger partial charge is 0.267 e. The average Bonchev–Trinajstić information content (AvgIpc) is 2.40. The van der Waals surface area contributed by atoms with E-state index in [-0.39, 0.29) is 17.5 Å². The van der Waals surface area contributed by atoms with Crippen LogP contribution in [-0.4, -0.2) is 15.7 Å². The van der Waals surface area contributed by atoms with Crippen LogP contribution in [0.2, 0.25) is 0 Å². The molecule has 1 N–H and O–H groups in total. The summed E-state index contributed by atoms with van der Waals surface area (Å²) in [6.45, 7) is 5.68. The van der Waals surface area contributed by atoms with Crippen molar-refractivity contribution in [1.29, 1.82) is 0 Å². The summed E-state index contributed by atoms with van der Waals surface area (Å²) in [6.07, 6.45) is 0. The number of hydrogen-bond acceptors (Lipinski definition) is 3. The Morgan fingerprint density at radius 1 is 1.27 bits per heavy atom. The van der Waals surface area contributed by atoms with Crippen LogP contribution in [0.15, 0.2) is 41.2 Å². The van der Waals surface area contributed by atoms with Gasteiger partial charge in [0.05, 0.1) is 5.69 Å². The van der Waals surface area contributed by atoms with Crippen LogP contribution in [0, 0.1) is 5.82 Å². The Balaban J connectivity index is 2.16. The van der Waals surface area contributed by atoms with Gasteiger partial charge in [-0.05, 0) is 24.3 Å². The van der Waals surface area contributed by atoms with Gasteiger partial charge in [-0.15, -0.1) is 0 Å². The highest BCUT2D eigenvalue weighted by Crippen LogP contribution is 2.18. The lowest BCUT2D eigenvalue weighted by Gasteiger charge is -2.18. The molecule has 0 saturated carbocycles. The van der Waals surface area contributed by atoms with Gasteiger partial charge >= 0.3 is 0 Å². The number of aromatic nitrogens is 2. The average molecular weight is 303 g/mol. The van der Waals surface area contributed by atoms with Gasteiger partial charge in [-0.1, -0.05) is 26.8 Å². The van der Waals surface area contributed by atoms with Crippen molar-refractivity contribution in [3.05, 3.63) is 58.3 Å². The predicted octanol–water partition coefficient (Wildman–Crippen LogP) is 2.32. The van der Waals surface area contributed by atoms with Crippen LogP contribution in [0.25, 0.3) is 0 Å². The molecule has 0 bridgehead atoms. The zero-order valence-electron chi connectivity index (χ0n) is 12.8.